The van der Waals surface area contributed by atoms with Gasteiger partial charge < -0.3 is 20.1 Å². The number of carbonyl (C=O) groups is 1. The van der Waals surface area contributed by atoms with Crippen molar-refractivity contribution in [3.63, 3.8) is 0 Å². The van der Waals surface area contributed by atoms with Crippen LogP contribution in [0.5, 0.6) is 0 Å². The molecule has 304 valence electrons. The molecule has 0 aromatic rings. The molecule has 3 N–H and O–H groups in total. The highest BCUT2D eigenvalue weighted by Gasteiger charge is 2.25. The zero-order valence-electron chi connectivity index (χ0n) is 33.5. The van der Waals surface area contributed by atoms with E-state index in [-0.39, 0.29) is 38.8 Å². The van der Waals surface area contributed by atoms with Crippen molar-refractivity contribution in [3.05, 3.63) is 48.8 Å². The molecule has 0 rings (SSSR count). The molecule has 0 aliphatic heterocycles. The summed E-state index contributed by atoms with van der Waals surface area (Å²) < 4.78 is 33.1. The number of carbonyl (C=O) groups excluding carboxylic acids is 1. The van der Waals surface area contributed by atoms with Gasteiger partial charge in [-0.2, -0.15) is 0 Å². The van der Waals surface area contributed by atoms with E-state index in [0.717, 1.165) is 38.5 Å². The van der Waals surface area contributed by atoms with E-state index in [9.17, 15) is 14.3 Å². The van der Waals surface area contributed by atoms with E-state index in [1.54, 1.807) is 6.26 Å². The lowest BCUT2D eigenvalue weighted by atomic mass is 10.0. The zero-order valence-corrected chi connectivity index (χ0v) is 34.4. The van der Waals surface area contributed by atoms with Gasteiger partial charge in [-0.3, -0.25) is 13.8 Å². The van der Waals surface area contributed by atoms with Crippen LogP contribution in [0, 0.1) is 0 Å². The first-order valence-electron chi connectivity index (χ1n) is 21.2. The number of phosphoric ester groups is 1. The average Bonchev–Trinajstić information content (AvgIpc) is 3.13. The minimum atomic E-state index is -4.30. The third kappa shape index (κ3) is 39.5. The second-order valence-corrected chi connectivity index (χ2v) is 15.4. The monoisotopic (exact) mass is 754 g/mol. The van der Waals surface area contributed by atoms with E-state index < -0.39 is 13.9 Å². The van der Waals surface area contributed by atoms with Gasteiger partial charge in [0.25, 0.3) is 0 Å². The van der Waals surface area contributed by atoms with Crippen LogP contribution in [0.3, 0.4) is 0 Å². The van der Waals surface area contributed by atoms with Crippen LogP contribution >= 0.6 is 7.82 Å². The summed E-state index contributed by atoms with van der Waals surface area (Å²) in [4.78, 5) is 22.4. The van der Waals surface area contributed by atoms with E-state index in [1.807, 2.05) is 6.08 Å². The standard InChI is InChI=1S/C43H80NO7P/c1-3-5-7-9-11-13-15-17-19-20-21-23-25-27-29-31-33-35-38-48-40-42(41-50-52(46,47)49-39-37-44)51-43(45)36-34-32-30-28-26-24-22-18-16-14-12-10-8-6-4-2/h12,14,18,22,26,28,35,38,42H,3-11,13,15-17,19-21,23-25,27,29-34,36-37,39-41,44H2,1-2H3,(H,46,47)/b14-12+,22-18+,28-26+,38-35+/t42-/m1/s1. The Morgan fingerprint density at radius 1 is 0.596 bits per heavy atom. The van der Waals surface area contributed by atoms with Crippen molar-refractivity contribution in [2.45, 2.75) is 193 Å². The van der Waals surface area contributed by atoms with Gasteiger partial charge in [0.05, 0.1) is 19.5 Å². The summed E-state index contributed by atoms with van der Waals surface area (Å²) in [6, 6.07) is 0. The van der Waals surface area contributed by atoms with Crippen LogP contribution in [-0.4, -0.2) is 43.3 Å². The van der Waals surface area contributed by atoms with Gasteiger partial charge in [0.15, 0.2) is 6.10 Å². The zero-order chi connectivity index (χ0) is 38.1. The Bertz CT molecular complexity index is 936. The van der Waals surface area contributed by atoms with Crippen LogP contribution in [0.4, 0.5) is 0 Å². The quantitative estimate of drug-likeness (QED) is 0.0209. The summed E-state index contributed by atoms with van der Waals surface area (Å²) in [7, 11) is -4.30. The molecule has 0 aromatic heterocycles. The Labute approximate surface area is 320 Å². The fraction of sp³-hybridized carbons (Fsp3) is 0.791. The summed E-state index contributed by atoms with van der Waals surface area (Å²) in [5.41, 5.74) is 5.35. The molecule has 52 heavy (non-hydrogen) atoms. The number of nitrogens with two attached hydrogens (primary N) is 1. The minimum absolute atomic E-state index is 0.0169. The summed E-state index contributed by atoms with van der Waals surface area (Å²) in [5.74, 6) is -0.389. The van der Waals surface area contributed by atoms with Gasteiger partial charge in [-0.25, -0.2) is 4.57 Å². The Balaban J connectivity index is 4.14. The summed E-state index contributed by atoms with van der Waals surface area (Å²) in [6.07, 6.45) is 48.0. The third-order valence-electron chi connectivity index (χ3n) is 8.81. The number of unbranched alkanes of at least 4 members (excludes halogenated alkanes) is 21. The molecule has 0 saturated heterocycles. The number of hydrogen-bond donors (Lipinski definition) is 2. The lowest BCUT2D eigenvalue weighted by Crippen LogP contribution is -2.27. The summed E-state index contributed by atoms with van der Waals surface area (Å²) in [6.45, 7) is 4.17. The van der Waals surface area contributed by atoms with Crippen LogP contribution in [-0.2, 0) is 27.9 Å². The minimum Gasteiger partial charge on any atom is -0.498 e. The highest BCUT2D eigenvalue weighted by Crippen LogP contribution is 2.43. The van der Waals surface area contributed by atoms with Crippen molar-refractivity contribution in [1.29, 1.82) is 0 Å². The molecule has 9 heteroatoms. The molecule has 0 amide bonds. The van der Waals surface area contributed by atoms with E-state index in [4.69, 9.17) is 24.3 Å². The lowest BCUT2D eigenvalue weighted by Gasteiger charge is -2.19. The fourth-order valence-electron chi connectivity index (χ4n) is 5.67. The molecular formula is C43H80NO7P. The smallest absolute Gasteiger partial charge is 0.472 e. The van der Waals surface area contributed by atoms with E-state index in [2.05, 4.69) is 50.3 Å². The highest BCUT2D eigenvalue weighted by molar-refractivity contribution is 7.47. The van der Waals surface area contributed by atoms with Gasteiger partial charge in [0, 0.05) is 13.0 Å². The highest BCUT2D eigenvalue weighted by atomic mass is 31.2. The average molecular weight is 754 g/mol. The van der Waals surface area contributed by atoms with Gasteiger partial charge in [0.2, 0.25) is 0 Å². The topological polar surface area (TPSA) is 117 Å². The van der Waals surface area contributed by atoms with Crippen LogP contribution in [0.2, 0.25) is 0 Å². The van der Waals surface area contributed by atoms with Gasteiger partial charge >= 0.3 is 13.8 Å². The number of phosphoric acid groups is 1. The largest absolute Gasteiger partial charge is 0.498 e. The second-order valence-electron chi connectivity index (χ2n) is 13.9. The Morgan fingerprint density at radius 2 is 1.04 bits per heavy atom. The first-order chi connectivity index (χ1) is 25.4. The molecule has 0 spiro atoms. The van der Waals surface area contributed by atoms with Gasteiger partial charge in [0.1, 0.15) is 6.61 Å². The lowest BCUT2D eigenvalue weighted by molar-refractivity contribution is -0.153. The molecule has 0 aliphatic carbocycles. The van der Waals surface area contributed by atoms with Crippen molar-refractivity contribution in [1.82, 2.24) is 0 Å². The Morgan fingerprint density at radius 3 is 1.58 bits per heavy atom. The molecule has 0 aliphatic rings. The van der Waals surface area contributed by atoms with E-state index in [1.165, 1.54) is 122 Å². The molecule has 0 bridgehead atoms. The number of esters is 1. The third-order valence-corrected chi connectivity index (χ3v) is 9.80. The summed E-state index contributed by atoms with van der Waals surface area (Å²) in [5, 5.41) is 0. The molecule has 0 radical (unpaired) electrons. The van der Waals surface area contributed by atoms with E-state index >= 15 is 0 Å². The van der Waals surface area contributed by atoms with Crippen molar-refractivity contribution < 1.29 is 32.8 Å². The van der Waals surface area contributed by atoms with Crippen molar-refractivity contribution in [2.75, 3.05) is 26.4 Å². The van der Waals surface area contributed by atoms with Crippen molar-refractivity contribution >= 4 is 13.8 Å². The number of rotatable bonds is 40. The molecule has 0 saturated carbocycles. The molecule has 0 aromatic carbocycles. The number of ether oxygens (including phenoxy) is 2. The predicted molar refractivity (Wildman–Crippen MR) is 219 cm³/mol. The fourth-order valence-corrected chi connectivity index (χ4v) is 6.44. The molecule has 2 atom stereocenters. The van der Waals surface area contributed by atoms with Crippen LogP contribution in [0.15, 0.2) is 48.8 Å². The normalized spacial score (nSPS) is 13.9. The van der Waals surface area contributed by atoms with Gasteiger partial charge in [-0.15, -0.1) is 0 Å². The van der Waals surface area contributed by atoms with E-state index in [0.29, 0.717) is 6.42 Å². The number of allylic oxidation sites excluding steroid dienone is 7. The summed E-state index contributed by atoms with van der Waals surface area (Å²) >= 11 is 0. The SMILES string of the molecule is CCCCC/C=C/C/C=C/C/C=C/CCCCC(=O)O[C@H](CO/C=C/CCCCCCCCCCCCCCCCCC)COP(=O)(O)OCCN. The van der Waals surface area contributed by atoms with Crippen LogP contribution in [0.1, 0.15) is 187 Å². The molecule has 1 unspecified atom stereocenters. The van der Waals surface area contributed by atoms with Crippen LogP contribution < -0.4 is 5.73 Å². The van der Waals surface area contributed by atoms with Crippen LogP contribution in [0.25, 0.3) is 0 Å². The van der Waals surface area contributed by atoms with Crippen molar-refractivity contribution in [2.24, 2.45) is 5.73 Å². The molecule has 8 nitrogen and oxygen atoms in total. The molecule has 0 heterocycles. The number of hydrogen-bond acceptors (Lipinski definition) is 7. The first kappa shape index (κ1) is 50.3. The Kier molecular flexibility index (Phi) is 39.2. The van der Waals surface area contributed by atoms with Gasteiger partial charge in [-0.05, 0) is 63.9 Å². The second kappa shape index (κ2) is 40.5. The van der Waals surface area contributed by atoms with Gasteiger partial charge in [-0.1, -0.05) is 159 Å². The Hall–Kier alpha value is -1.70. The molecule has 0 fully saturated rings. The maximum Gasteiger partial charge on any atom is 0.472 e. The predicted octanol–water partition coefficient (Wildman–Crippen LogP) is 12.8. The van der Waals surface area contributed by atoms with Crippen molar-refractivity contribution in [3.8, 4) is 0 Å². The maximum absolute atomic E-state index is 12.5. The first-order valence-corrected chi connectivity index (χ1v) is 22.7. The maximum atomic E-state index is 12.5. The molecular weight excluding hydrogens is 673 g/mol.